The predicted octanol–water partition coefficient (Wildman–Crippen LogP) is 3.92. The van der Waals surface area contributed by atoms with E-state index in [9.17, 15) is 14.4 Å². The Morgan fingerprint density at radius 1 is 0.943 bits per heavy atom. The van der Waals surface area contributed by atoms with Crippen molar-refractivity contribution in [2.24, 2.45) is 7.05 Å². The molecular weight excluding hydrogens is 464 g/mol. The van der Waals surface area contributed by atoms with Crippen LogP contribution in [0.5, 0.6) is 0 Å². The first-order valence-corrected chi connectivity index (χ1v) is 11.5. The van der Waals surface area contributed by atoms with E-state index in [1.165, 1.54) is 4.57 Å². The fourth-order valence-corrected chi connectivity index (χ4v) is 4.64. The molecule has 7 nitrogen and oxygen atoms in total. The highest BCUT2D eigenvalue weighted by Gasteiger charge is 2.22. The molecular formula is C27H23ClN4O3. The highest BCUT2D eigenvalue weighted by Crippen LogP contribution is 2.27. The Labute approximate surface area is 205 Å². The van der Waals surface area contributed by atoms with Crippen molar-refractivity contribution in [1.29, 1.82) is 0 Å². The first-order valence-electron chi connectivity index (χ1n) is 11.2. The molecule has 5 rings (SSSR count). The van der Waals surface area contributed by atoms with Crippen LogP contribution in [0.2, 0.25) is 5.02 Å². The fourth-order valence-electron chi connectivity index (χ4n) is 4.45. The van der Waals surface area contributed by atoms with E-state index < -0.39 is 11.2 Å². The molecule has 0 saturated heterocycles. The third kappa shape index (κ3) is 4.04. The molecule has 176 valence electrons. The number of hydrogen-bond acceptors (Lipinski definition) is 3. The van der Waals surface area contributed by atoms with Crippen LogP contribution >= 0.6 is 11.6 Å². The molecule has 0 atom stereocenters. The third-order valence-electron chi connectivity index (χ3n) is 6.13. The molecule has 1 N–H and O–H groups in total. The molecule has 0 unspecified atom stereocenters. The average Bonchev–Trinajstić information content (AvgIpc) is 3.13. The molecule has 2 heterocycles. The number of nitrogens with zero attached hydrogens (tertiary/aromatic N) is 3. The normalized spacial score (nSPS) is 11.3. The van der Waals surface area contributed by atoms with Gasteiger partial charge in [0.1, 0.15) is 12.1 Å². The Kier molecular flexibility index (Phi) is 5.78. The molecule has 8 heteroatoms. The Morgan fingerprint density at radius 3 is 2.46 bits per heavy atom. The summed E-state index contributed by atoms with van der Waals surface area (Å²) in [5.41, 5.74) is 2.77. The van der Waals surface area contributed by atoms with Gasteiger partial charge in [0.2, 0.25) is 5.91 Å². The van der Waals surface area contributed by atoms with Gasteiger partial charge in [0.25, 0.3) is 5.56 Å². The summed E-state index contributed by atoms with van der Waals surface area (Å²) in [6, 6.07) is 21.9. The van der Waals surface area contributed by atoms with Crippen LogP contribution in [-0.2, 0) is 24.9 Å². The number of halogens is 1. The molecule has 0 fully saturated rings. The van der Waals surface area contributed by atoms with Gasteiger partial charge in [-0.3, -0.25) is 14.2 Å². The van der Waals surface area contributed by atoms with Gasteiger partial charge in [-0.25, -0.2) is 9.36 Å². The van der Waals surface area contributed by atoms with Crippen molar-refractivity contribution in [3.05, 3.63) is 110 Å². The zero-order valence-electron chi connectivity index (χ0n) is 19.3. The second-order valence-electron chi connectivity index (χ2n) is 8.53. The van der Waals surface area contributed by atoms with E-state index in [0.717, 1.165) is 26.6 Å². The molecule has 0 aliphatic carbocycles. The number of amides is 1. The SMILES string of the molecule is Cc1ccc2c(c1)c1c(c(=O)n(-c3cccc(Cl)c3)c(=O)n1CC(=O)NCc1ccccc1)n2C. The Morgan fingerprint density at radius 2 is 1.71 bits per heavy atom. The van der Waals surface area contributed by atoms with Crippen LogP contribution < -0.4 is 16.6 Å². The predicted molar refractivity (Wildman–Crippen MR) is 138 cm³/mol. The van der Waals surface area contributed by atoms with Crippen LogP contribution in [0, 0.1) is 6.92 Å². The van der Waals surface area contributed by atoms with Crippen LogP contribution in [0.3, 0.4) is 0 Å². The lowest BCUT2D eigenvalue weighted by Crippen LogP contribution is -2.42. The summed E-state index contributed by atoms with van der Waals surface area (Å²) in [4.78, 5) is 40.4. The smallest absolute Gasteiger partial charge is 0.336 e. The van der Waals surface area contributed by atoms with Crippen LogP contribution in [0.1, 0.15) is 11.1 Å². The topological polar surface area (TPSA) is 78.0 Å². The second kappa shape index (κ2) is 8.92. The molecule has 0 saturated carbocycles. The van der Waals surface area contributed by atoms with Crippen molar-refractivity contribution in [2.45, 2.75) is 20.0 Å². The van der Waals surface area contributed by atoms with Crippen molar-refractivity contribution < 1.29 is 4.79 Å². The zero-order chi connectivity index (χ0) is 24.7. The van der Waals surface area contributed by atoms with Crippen molar-refractivity contribution in [2.75, 3.05) is 0 Å². The van der Waals surface area contributed by atoms with E-state index in [1.807, 2.05) is 55.5 Å². The number of aryl methyl sites for hydroxylation is 2. The van der Waals surface area contributed by atoms with E-state index in [-0.39, 0.29) is 12.5 Å². The van der Waals surface area contributed by atoms with Gasteiger partial charge in [-0.2, -0.15) is 0 Å². The third-order valence-corrected chi connectivity index (χ3v) is 6.36. The second-order valence-corrected chi connectivity index (χ2v) is 8.96. The number of fused-ring (bicyclic) bond motifs is 3. The van der Waals surface area contributed by atoms with Gasteiger partial charge in [0.15, 0.2) is 0 Å². The molecule has 35 heavy (non-hydrogen) atoms. The number of rotatable bonds is 5. The molecule has 2 aromatic heterocycles. The lowest BCUT2D eigenvalue weighted by Gasteiger charge is -2.14. The largest absolute Gasteiger partial charge is 0.350 e. The number of benzene rings is 3. The summed E-state index contributed by atoms with van der Waals surface area (Å²) in [6.45, 7) is 2.04. The highest BCUT2D eigenvalue weighted by molar-refractivity contribution is 6.30. The van der Waals surface area contributed by atoms with E-state index in [0.29, 0.717) is 28.3 Å². The molecule has 0 aliphatic heterocycles. The van der Waals surface area contributed by atoms with Crippen molar-refractivity contribution in [1.82, 2.24) is 19.0 Å². The maximum atomic E-state index is 13.8. The van der Waals surface area contributed by atoms with Gasteiger partial charge in [-0.1, -0.05) is 59.6 Å². The van der Waals surface area contributed by atoms with E-state index in [2.05, 4.69) is 5.32 Å². The fraction of sp³-hybridized carbons (Fsp3) is 0.148. The quantitative estimate of drug-likeness (QED) is 0.409. The Hall–Kier alpha value is -4.10. The van der Waals surface area contributed by atoms with Gasteiger partial charge in [0, 0.05) is 24.0 Å². The standard InChI is InChI=1S/C27H23ClN4O3/c1-17-11-12-22-21(13-17)24-25(30(22)2)26(34)32(20-10-6-9-19(28)14-20)27(35)31(24)16-23(33)29-15-18-7-4-3-5-8-18/h3-14H,15-16H2,1-2H3,(H,29,33). The van der Waals surface area contributed by atoms with Gasteiger partial charge in [-0.15, -0.1) is 0 Å². The molecule has 1 amide bonds. The number of carbonyl (C=O) groups excluding carboxylic acids is 1. The highest BCUT2D eigenvalue weighted by atomic mass is 35.5. The van der Waals surface area contributed by atoms with Crippen LogP contribution in [-0.4, -0.2) is 19.6 Å². The monoisotopic (exact) mass is 486 g/mol. The number of aromatic nitrogens is 3. The summed E-state index contributed by atoms with van der Waals surface area (Å²) < 4.78 is 4.22. The number of nitrogens with one attached hydrogen (secondary N) is 1. The van der Waals surface area contributed by atoms with E-state index in [1.54, 1.807) is 35.9 Å². The molecule has 3 aromatic carbocycles. The molecule has 5 aromatic rings. The first-order chi connectivity index (χ1) is 16.8. The van der Waals surface area contributed by atoms with Crippen molar-refractivity contribution in [3.8, 4) is 5.69 Å². The van der Waals surface area contributed by atoms with Gasteiger partial charge in [-0.05, 0) is 42.8 Å². The van der Waals surface area contributed by atoms with Crippen molar-refractivity contribution in [3.63, 3.8) is 0 Å². The summed E-state index contributed by atoms with van der Waals surface area (Å²) in [5, 5.41) is 4.01. The van der Waals surface area contributed by atoms with Gasteiger partial charge < -0.3 is 9.88 Å². The lowest BCUT2D eigenvalue weighted by molar-refractivity contribution is -0.121. The summed E-state index contributed by atoms with van der Waals surface area (Å²) >= 11 is 6.16. The molecule has 0 bridgehead atoms. The van der Waals surface area contributed by atoms with E-state index >= 15 is 0 Å². The van der Waals surface area contributed by atoms with Gasteiger partial charge in [0.05, 0.1) is 16.7 Å². The summed E-state index contributed by atoms with van der Waals surface area (Å²) in [7, 11) is 1.79. The lowest BCUT2D eigenvalue weighted by atomic mass is 10.1. The minimum Gasteiger partial charge on any atom is -0.350 e. The van der Waals surface area contributed by atoms with Crippen LogP contribution in [0.25, 0.3) is 27.6 Å². The summed E-state index contributed by atoms with van der Waals surface area (Å²) in [5.74, 6) is -0.335. The first kappa shape index (κ1) is 22.7. The van der Waals surface area contributed by atoms with Crippen LogP contribution in [0.15, 0.2) is 82.4 Å². The van der Waals surface area contributed by atoms with Crippen LogP contribution in [0.4, 0.5) is 0 Å². The molecule has 0 aliphatic rings. The maximum absolute atomic E-state index is 13.8. The average molecular weight is 487 g/mol. The number of carbonyl (C=O) groups is 1. The van der Waals surface area contributed by atoms with Gasteiger partial charge >= 0.3 is 5.69 Å². The van der Waals surface area contributed by atoms with E-state index in [4.69, 9.17) is 11.6 Å². The minimum atomic E-state index is -0.603. The Balaban J connectivity index is 1.73. The zero-order valence-corrected chi connectivity index (χ0v) is 20.0. The summed E-state index contributed by atoms with van der Waals surface area (Å²) in [6.07, 6.45) is 0. The maximum Gasteiger partial charge on any atom is 0.336 e. The molecule has 0 spiro atoms. The minimum absolute atomic E-state index is 0.240. The molecule has 0 radical (unpaired) electrons. The Bertz CT molecular complexity index is 1710. The number of hydrogen-bond donors (Lipinski definition) is 1. The van der Waals surface area contributed by atoms with Crippen molar-refractivity contribution >= 4 is 39.4 Å².